The molecule has 1 fully saturated rings. The van der Waals surface area contributed by atoms with Crippen LogP contribution in [0.15, 0.2) is 48.0 Å². The first kappa shape index (κ1) is 23.3. The molecule has 4 amide bonds. The van der Waals surface area contributed by atoms with Gasteiger partial charge in [-0.15, -0.1) is 0 Å². The average molecular weight is 460 g/mol. The minimum Gasteiger partial charge on any atom is -0.494 e. The van der Waals surface area contributed by atoms with Crippen LogP contribution in [0.3, 0.4) is 0 Å². The first-order valence-corrected chi connectivity index (χ1v) is 11.3. The van der Waals surface area contributed by atoms with Crippen molar-refractivity contribution >= 4 is 40.9 Å². The summed E-state index contributed by atoms with van der Waals surface area (Å²) >= 11 is 0. The smallest absolute Gasteiger partial charge is 0.335 e. The Morgan fingerprint density at radius 3 is 2.53 bits per heavy atom. The third-order valence-corrected chi connectivity index (χ3v) is 6.39. The van der Waals surface area contributed by atoms with Crippen LogP contribution in [-0.2, 0) is 9.59 Å². The van der Waals surface area contributed by atoms with Crippen LogP contribution < -0.4 is 19.9 Å². The lowest BCUT2D eigenvalue weighted by Crippen LogP contribution is -2.54. The molecule has 34 heavy (non-hydrogen) atoms. The number of carbonyl (C=O) groups excluding carboxylic acids is 3. The Labute approximate surface area is 199 Å². The second-order valence-electron chi connectivity index (χ2n) is 9.15. The number of barbiturate groups is 1. The molecule has 2 heterocycles. The molecule has 0 aliphatic carbocycles. The summed E-state index contributed by atoms with van der Waals surface area (Å²) in [5.41, 5.74) is 5.03. The van der Waals surface area contributed by atoms with Crippen molar-refractivity contribution in [3.63, 3.8) is 0 Å². The number of nitrogens with zero attached hydrogens (tertiary/aromatic N) is 2. The molecule has 7 heteroatoms. The number of carbonyl (C=O) groups is 3. The highest BCUT2D eigenvalue weighted by Crippen LogP contribution is 2.39. The number of anilines is 2. The van der Waals surface area contributed by atoms with E-state index in [9.17, 15) is 14.4 Å². The summed E-state index contributed by atoms with van der Waals surface area (Å²) < 4.78 is 5.49. The van der Waals surface area contributed by atoms with E-state index in [1.165, 1.54) is 0 Å². The zero-order valence-electron chi connectivity index (χ0n) is 20.4. The van der Waals surface area contributed by atoms with E-state index in [0.717, 1.165) is 32.9 Å². The fourth-order valence-corrected chi connectivity index (χ4v) is 4.40. The van der Waals surface area contributed by atoms with Crippen molar-refractivity contribution in [2.75, 3.05) is 23.5 Å². The number of fused-ring (bicyclic) bond motifs is 1. The second kappa shape index (κ2) is 8.48. The van der Waals surface area contributed by atoms with Crippen LogP contribution >= 0.6 is 0 Å². The summed E-state index contributed by atoms with van der Waals surface area (Å²) in [6.45, 7) is 10.6. The van der Waals surface area contributed by atoms with Gasteiger partial charge in [-0.3, -0.25) is 14.9 Å². The highest BCUT2D eigenvalue weighted by atomic mass is 16.5. The number of aryl methyl sites for hydroxylation is 1. The highest BCUT2D eigenvalue weighted by molar-refractivity contribution is 6.39. The lowest BCUT2D eigenvalue weighted by atomic mass is 9.87. The number of ether oxygens (including phenoxy) is 1. The first-order valence-electron chi connectivity index (χ1n) is 11.3. The quantitative estimate of drug-likeness (QED) is 0.530. The molecular formula is C27H29N3O4. The topological polar surface area (TPSA) is 79.0 Å². The Hall–Kier alpha value is -3.87. The van der Waals surface area contributed by atoms with E-state index in [-0.39, 0.29) is 11.1 Å². The van der Waals surface area contributed by atoms with Gasteiger partial charge in [0.1, 0.15) is 11.3 Å². The van der Waals surface area contributed by atoms with Crippen LogP contribution in [0.2, 0.25) is 0 Å². The maximum atomic E-state index is 13.3. The van der Waals surface area contributed by atoms with Crippen LogP contribution in [0.1, 0.15) is 44.4 Å². The number of benzene rings is 2. The van der Waals surface area contributed by atoms with Gasteiger partial charge in [0.15, 0.2) is 0 Å². The molecular weight excluding hydrogens is 430 g/mol. The van der Waals surface area contributed by atoms with Gasteiger partial charge in [-0.2, -0.15) is 0 Å². The number of amides is 4. The van der Waals surface area contributed by atoms with Crippen molar-refractivity contribution in [2.24, 2.45) is 0 Å². The number of rotatable bonds is 4. The molecule has 0 bridgehead atoms. The second-order valence-corrected chi connectivity index (χ2v) is 9.15. The van der Waals surface area contributed by atoms with Gasteiger partial charge in [0.2, 0.25) is 0 Å². The first-order chi connectivity index (χ1) is 16.0. The molecule has 0 radical (unpaired) electrons. The normalized spacial score (nSPS) is 18.6. The molecule has 2 aliphatic heterocycles. The maximum absolute atomic E-state index is 13.3. The molecule has 0 spiro atoms. The van der Waals surface area contributed by atoms with Crippen molar-refractivity contribution < 1.29 is 19.1 Å². The molecule has 0 aromatic heterocycles. The Bertz CT molecular complexity index is 1270. The third-order valence-electron chi connectivity index (χ3n) is 6.39. The van der Waals surface area contributed by atoms with Crippen molar-refractivity contribution in [1.29, 1.82) is 0 Å². The van der Waals surface area contributed by atoms with Gasteiger partial charge in [-0.25, -0.2) is 9.69 Å². The number of likely N-dealkylation sites (N-methyl/N-ethyl adjacent to an activating group) is 1. The van der Waals surface area contributed by atoms with E-state index in [4.69, 9.17) is 4.74 Å². The number of urea groups is 1. The fourth-order valence-electron chi connectivity index (χ4n) is 4.40. The van der Waals surface area contributed by atoms with Crippen molar-refractivity contribution in [1.82, 2.24) is 5.32 Å². The number of imide groups is 2. The molecule has 2 aromatic rings. The fraction of sp³-hybridized carbons (Fsp3) is 0.296. The van der Waals surface area contributed by atoms with Crippen LogP contribution in [0, 0.1) is 6.92 Å². The molecule has 0 atom stereocenters. The summed E-state index contributed by atoms with van der Waals surface area (Å²) in [4.78, 5) is 41.8. The van der Waals surface area contributed by atoms with Crippen molar-refractivity contribution in [2.45, 2.75) is 40.2 Å². The largest absolute Gasteiger partial charge is 0.494 e. The minimum absolute atomic E-state index is 0.101. The summed E-state index contributed by atoms with van der Waals surface area (Å²) in [6, 6.07) is 9.94. The number of hydrogen-bond acceptors (Lipinski definition) is 5. The van der Waals surface area contributed by atoms with E-state index in [1.54, 1.807) is 30.3 Å². The number of allylic oxidation sites excluding steroid dienone is 1. The Balaban J connectivity index is 1.76. The minimum atomic E-state index is -0.786. The monoisotopic (exact) mass is 459 g/mol. The zero-order chi connectivity index (χ0) is 24.8. The van der Waals surface area contributed by atoms with Gasteiger partial charge >= 0.3 is 6.03 Å². The van der Waals surface area contributed by atoms with E-state index >= 15 is 0 Å². The maximum Gasteiger partial charge on any atom is 0.335 e. The Morgan fingerprint density at radius 1 is 1.09 bits per heavy atom. The average Bonchev–Trinajstić information content (AvgIpc) is 2.76. The van der Waals surface area contributed by atoms with E-state index in [0.29, 0.717) is 18.0 Å². The summed E-state index contributed by atoms with van der Waals surface area (Å²) in [5, 5.41) is 2.29. The Morgan fingerprint density at radius 2 is 1.82 bits per heavy atom. The van der Waals surface area contributed by atoms with Gasteiger partial charge in [-0.05, 0) is 81.7 Å². The van der Waals surface area contributed by atoms with Gasteiger partial charge in [-0.1, -0.05) is 12.1 Å². The standard InChI is InChI=1S/C27H29N3O4/c1-7-34-20-10-8-9-19(14-20)30-25(32)22(24(31)28-26(30)33)13-18-12-21-17(3)15-27(4,5)29(6)23(21)11-16(18)2/h8-15H,7H2,1-6H3,(H,28,31,33)/b22-13+. The third kappa shape index (κ3) is 3.98. The van der Waals surface area contributed by atoms with Crippen molar-refractivity contribution in [3.05, 3.63) is 64.7 Å². The lowest BCUT2D eigenvalue weighted by Gasteiger charge is -2.41. The van der Waals surface area contributed by atoms with Crippen LogP contribution in [-0.4, -0.2) is 37.0 Å². The predicted octanol–water partition coefficient (Wildman–Crippen LogP) is 4.69. The van der Waals surface area contributed by atoms with Crippen LogP contribution in [0.4, 0.5) is 16.2 Å². The predicted molar refractivity (Wildman–Crippen MR) is 134 cm³/mol. The number of hydrogen-bond donors (Lipinski definition) is 1. The summed E-state index contributed by atoms with van der Waals surface area (Å²) in [7, 11) is 2.05. The van der Waals surface area contributed by atoms with E-state index < -0.39 is 17.8 Å². The molecule has 1 saturated heterocycles. The van der Waals surface area contributed by atoms with Gasteiger partial charge in [0.25, 0.3) is 11.8 Å². The molecule has 7 nitrogen and oxygen atoms in total. The van der Waals surface area contributed by atoms with Crippen LogP contribution in [0.5, 0.6) is 5.75 Å². The summed E-state index contributed by atoms with van der Waals surface area (Å²) in [5.74, 6) is -0.859. The molecule has 1 N–H and O–H groups in total. The molecule has 2 aromatic carbocycles. The molecule has 0 unspecified atom stereocenters. The van der Waals surface area contributed by atoms with Gasteiger partial charge in [0, 0.05) is 24.4 Å². The van der Waals surface area contributed by atoms with E-state index in [2.05, 4.69) is 50.2 Å². The summed E-state index contributed by atoms with van der Waals surface area (Å²) in [6.07, 6.45) is 3.76. The molecule has 176 valence electrons. The van der Waals surface area contributed by atoms with Crippen molar-refractivity contribution in [3.8, 4) is 5.75 Å². The SMILES string of the molecule is CCOc1cccc(N2C(=O)NC(=O)/C(=C\c3cc4c(cc3C)N(C)C(C)(C)C=C4C)C2=O)c1. The van der Waals surface area contributed by atoms with E-state index in [1.807, 2.05) is 19.9 Å². The van der Waals surface area contributed by atoms with Gasteiger partial charge < -0.3 is 9.64 Å². The Kier molecular flexibility index (Phi) is 5.81. The molecule has 0 saturated carbocycles. The lowest BCUT2D eigenvalue weighted by molar-refractivity contribution is -0.122. The zero-order valence-corrected chi connectivity index (χ0v) is 20.4. The molecule has 2 aliphatic rings. The highest BCUT2D eigenvalue weighted by Gasteiger charge is 2.37. The van der Waals surface area contributed by atoms with Crippen LogP contribution in [0.25, 0.3) is 11.6 Å². The van der Waals surface area contributed by atoms with Gasteiger partial charge in [0.05, 0.1) is 17.8 Å². The molecule has 4 rings (SSSR count). The number of nitrogens with one attached hydrogen (secondary N) is 1.